The molecular weight excluding hydrogens is 1850 g/mol. The zero-order valence-electron chi connectivity index (χ0n) is 92.3. The summed E-state index contributed by atoms with van der Waals surface area (Å²) < 4.78 is 43.6. The van der Waals surface area contributed by atoms with Crippen LogP contribution in [0.1, 0.15) is 432 Å². The average molecular weight is 2020 g/mol. The number of nitrogens with zero attached hydrogens (tertiary/aromatic N) is 19. The third-order valence-electron chi connectivity index (χ3n) is 28.2. The van der Waals surface area contributed by atoms with Crippen molar-refractivity contribution in [2.75, 3.05) is 18.1 Å². The number of thioether (sulfide) groups is 1. The fourth-order valence-electron chi connectivity index (χ4n) is 19.9. The number of rotatable bonds is 12. The molecule has 0 atom stereocenters. The highest BCUT2D eigenvalue weighted by Crippen LogP contribution is 2.35. The van der Waals surface area contributed by atoms with Gasteiger partial charge in [0.05, 0.1) is 99.7 Å². The molecule has 788 valence electrons. The third-order valence-corrected chi connectivity index (χ3v) is 30.8. The van der Waals surface area contributed by atoms with Crippen LogP contribution in [0.4, 0.5) is 0 Å². The molecule has 0 radical (unpaired) electrons. The Bertz CT molecular complexity index is 6040. The second-order valence-electron chi connectivity index (χ2n) is 43.7. The van der Waals surface area contributed by atoms with Crippen molar-refractivity contribution in [2.45, 2.75) is 404 Å². The van der Waals surface area contributed by atoms with Crippen molar-refractivity contribution in [1.82, 2.24) is 118 Å². The molecule has 8 aliphatic rings. The minimum Gasteiger partial charge on any atom is -0.376 e. The summed E-state index contributed by atoms with van der Waals surface area (Å²) in [5.41, 5.74) is 32.6. The lowest BCUT2D eigenvalue weighted by molar-refractivity contribution is 0.109. The van der Waals surface area contributed by atoms with Crippen molar-refractivity contribution in [1.29, 1.82) is 0 Å². The highest BCUT2D eigenvalue weighted by Gasteiger charge is 2.29. The van der Waals surface area contributed by atoms with Gasteiger partial charge in [0.25, 0.3) is 0 Å². The molecule has 0 spiro atoms. The number of hydrogen-bond acceptors (Lipinski definition) is 16. The van der Waals surface area contributed by atoms with E-state index in [0.717, 1.165) is 72.1 Å². The predicted molar refractivity (Wildman–Crippen MR) is 598 cm³/mol. The molecular formula is C117H170N24O3S2. The van der Waals surface area contributed by atoms with Gasteiger partial charge in [0.15, 0.2) is 9.84 Å². The van der Waals surface area contributed by atoms with E-state index in [1.807, 2.05) is 134 Å². The number of sulfone groups is 1. The molecule has 27 nitrogen and oxygen atoms in total. The van der Waals surface area contributed by atoms with Crippen LogP contribution in [-0.2, 0) is 117 Å². The minimum absolute atomic E-state index is 0.159. The molecule has 21 heterocycles. The molecule has 1 aliphatic carbocycles. The Kier molecular flexibility index (Phi) is 41.0. The average Bonchev–Trinajstić information content (AvgIpc) is 1.64. The van der Waals surface area contributed by atoms with Gasteiger partial charge in [-0.2, -0.15) is 52.6 Å². The summed E-state index contributed by atoms with van der Waals surface area (Å²) in [7, 11) is -2.88. The first-order valence-corrected chi connectivity index (χ1v) is 57.6. The van der Waals surface area contributed by atoms with Crippen LogP contribution in [0, 0.1) is 0 Å². The molecule has 0 bridgehead atoms. The second-order valence-corrected chi connectivity index (χ2v) is 46.9. The van der Waals surface area contributed by atoms with Crippen LogP contribution in [0.25, 0.3) is 33.1 Å². The number of hydrogen-bond donors (Lipinski definition) is 5. The van der Waals surface area contributed by atoms with Crippen molar-refractivity contribution >= 4 is 54.7 Å². The van der Waals surface area contributed by atoms with Crippen LogP contribution in [0.5, 0.6) is 0 Å². The zero-order valence-corrected chi connectivity index (χ0v) is 93.9. The number of imidazole rings is 4. The summed E-state index contributed by atoms with van der Waals surface area (Å²) in [5.74, 6) is 11.3. The van der Waals surface area contributed by atoms with Crippen molar-refractivity contribution in [3.05, 3.63) is 271 Å². The molecule has 5 N–H and O–H groups in total. The number of para-hydroxylation sites is 3. The van der Waals surface area contributed by atoms with Gasteiger partial charge in [-0.15, -0.1) is 0 Å². The lowest BCUT2D eigenvalue weighted by atomic mass is 9.93. The van der Waals surface area contributed by atoms with Crippen molar-refractivity contribution in [2.24, 2.45) is 0 Å². The number of benzene rings is 2. The number of nitrogens with one attached hydrogen (secondary N) is 5. The number of ether oxygens (including phenoxy) is 1. The van der Waals surface area contributed by atoms with E-state index >= 15 is 0 Å². The van der Waals surface area contributed by atoms with Gasteiger partial charge in [-0.1, -0.05) is 195 Å². The summed E-state index contributed by atoms with van der Waals surface area (Å²) in [6, 6.07) is 31.3. The van der Waals surface area contributed by atoms with Crippen LogP contribution in [-0.4, -0.2) is 145 Å². The van der Waals surface area contributed by atoms with E-state index in [1.165, 1.54) is 258 Å². The van der Waals surface area contributed by atoms with Gasteiger partial charge in [0.2, 0.25) is 0 Å². The summed E-state index contributed by atoms with van der Waals surface area (Å²) in [5, 5.41) is 51.2. The standard InChI is InChI=1S/2C10H16N2.C10H12N2.C10H16N2.2C10H12N2.2C10H16N2.C10H12N2.C9H14N2O2S.C9H14N2O.C9H14N2S/c1-8(2)9-7-12-6-4-3-5-10(12)11-9;2*1-8(2)9-7-11-10-5-3-4-6-12(9)10;2*1-8(2)9-7-11-12-6-4-3-5-10(9)12;1-8(2)12-7-11-9-5-3-4-6-10(9)12;1-8(2)10-7-9-5-3-4-6-12(9)11-10;2*1-7(2)10-8-5-3-4-6-9(8)11-12-10;1-6(2)9-7-5-14(12,13)4-3-8(7)10-11-9;2*1-6(2)9-7-5-12-4-3-8(7)10-11-9/h2*7-8H,3-6H2,1-2H3;3-8H,1-2H3;7-8H,3-6H2,1-2H3;2*3-8H,1-2H3;7-8H,3-6H2,1-2H3;7H,3-6H2,1-2H3,(H,11,12);3-7H,1-2H3,(H,11,12);6H,3-5H2,1-2H3,(H,10,11);2*6H,3-5H2,1-2H3,(H,10,11). The highest BCUT2D eigenvalue weighted by molar-refractivity contribution is 7.98. The van der Waals surface area contributed by atoms with Gasteiger partial charge in [-0.3, -0.25) is 34.9 Å². The summed E-state index contributed by atoms with van der Waals surface area (Å²) in [6.07, 6.45) is 39.3. The van der Waals surface area contributed by atoms with Crippen LogP contribution < -0.4 is 0 Å². The van der Waals surface area contributed by atoms with Gasteiger partial charge in [0, 0.05) is 174 Å². The lowest BCUT2D eigenvalue weighted by Crippen LogP contribution is -2.19. The second kappa shape index (κ2) is 53.5. The molecule has 0 amide bonds. The fourth-order valence-corrected chi connectivity index (χ4v) is 22.3. The van der Waals surface area contributed by atoms with Crippen molar-refractivity contribution in [3.8, 4) is 0 Å². The smallest absolute Gasteiger partial charge is 0.154 e. The van der Waals surface area contributed by atoms with E-state index in [0.29, 0.717) is 71.6 Å². The Balaban J connectivity index is 0.000000133. The first kappa shape index (κ1) is 112. The Hall–Kier alpha value is -11.3. The highest BCUT2D eigenvalue weighted by atomic mass is 32.2. The molecule has 0 unspecified atom stereocenters. The molecule has 24 rings (SSSR count). The predicted octanol–water partition coefficient (Wildman–Crippen LogP) is 26.9. The Labute approximate surface area is 873 Å². The Morgan fingerprint density at radius 1 is 0.418 bits per heavy atom. The van der Waals surface area contributed by atoms with E-state index in [2.05, 4.69) is 303 Å². The molecule has 29 heteroatoms. The van der Waals surface area contributed by atoms with Crippen molar-refractivity contribution in [3.63, 3.8) is 0 Å². The topological polar surface area (TPSA) is 310 Å². The number of H-pyrrole nitrogens is 5. The molecule has 146 heavy (non-hydrogen) atoms. The van der Waals surface area contributed by atoms with Crippen LogP contribution in [0.2, 0.25) is 0 Å². The summed E-state index contributed by atoms with van der Waals surface area (Å²) in [6.45, 7) is 58.5. The van der Waals surface area contributed by atoms with E-state index in [-0.39, 0.29) is 17.4 Å². The molecule has 16 aromatic rings. The lowest BCUT2D eigenvalue weighted by Gasteiger charge is -2.17. The first-order valence-electron chi connectivity index (χ1n) is 54.6. The largest absolute Gasteiger partial charge is 0.376 e. The molecule has 14 aromatic heterocycles. The van der Waals surface area contributed by atoms with E-state index in [1.54, 1.807) is 0 Å². The summed E-state index contributed by atoms with van der Waals surface area (Å²) >= 11 is 2.01. The van der Waals surface area contributed by atoms with Crippen LogP contribution >= 0.6 is 11.8 Å². The molecule has 0 saturated carbocycles. The maximum absolute atomic E-state index is 11.4. The molecule has 7 aliphatic heterocycles. The number of fused-ring (bicyclic) bond motifs is 12. The van der Waals surface area contributed by atoms with Crippen molar-refractivity contribution < 1.29 is 13.2 Å². The maximum atomic E-state index is 11.4. The number of pyridine rings is 2. The van der Waals surface area contributed by atoms with Crippen LogP contribution in [0.3, 0.4) is 0 Å². The normalized spacial score (nSPS) is 15.1. The van der Waals surface area contributed by atoms with Gasteiger partial charge >= 0.3 is 0 Å². The summed E-state index contributed by atoms with van der Waals surface area (Å²) in [4.78, 5) is 17.7. The molecule has 2 aromatic carbocycles. The zero-order chi connectivity index (χ0) is 104. The van der Waals surface area contributed by atoms with Gasteiger partial charge in [0.1, 0.15) is 17.3 Å². The Morgan fingerprint density at radius 2 is 0.979 bits per heavy atom. The minimum atomic E-state index is -2.88. The monoisotopic (exact) mass is 2020 g/mol. The van der Waals surface area contributed by atoms with Gasteiger partial charge < -0.3 is 22.8 Å². The fraction of sp³-hybridized carbons (Fsp3) is 0.556. The SMILES string of the molecule is CC(C)c1[nH]nc2ccccc12.CC(C)c1cc2n(n1)CCCC2.CC(C)c1cn2c(n1)CCCC2.CC(C)c1cnc2ccccn12.CC(C)c1cnc2n1CCCC2.CC(C)c1cnn2c1CCCC2.CC(C)c1cnn2ccccc12.CC(C)c1n[nH]c2c1CCCC2.CC(C)c1n[nH]c2c1COCC2.CC(C)c1n[nH]c2c1CS(=O)(=O)CC2.CC(C)c1n[nH]c2c1CSCC2.CC(C)n1cnc2ccccc21. The maximum Gasteiger partial charge on any atom is 0.154 e. The molecule has 0 fully saturated rings. The molecule has 0 saturated heterocycles. The number of aryl methyl sites for hydroxylation is 9. The third kappa shape index (κ3) is 29.6. The van der Waals surface area contributed by atoms with E-state index in [4.69, 9.17) is 4.74 Å². The Morgan fingerprint density at radius 3 is 1.64 bits per heavy atom. The van der Waals surface area contributed by atoms with Crippen LogP contribution in [0.15, 0.2) is 141 Å². The van der Waals surface area contributed by atoms with E-state index in [9.17, 15) is 8.42 Å². The van der Waals surface area contributed by atoms with Gasteiger partial charge in [-0.25, -0.2) is 32.9 Å². The van der Waals surface area contributed by atoms with E-state index < -0.39 is 9.84 Å². The first-order chi connectivity index (χ1) is 70.1. The quantitative estimate of drug-likeness (QED) is 0.0759. The number of aromatic amines is 5. The number of aromatic nitrogens is 24. The van der Waals surface area contributed by atoms with Gasteiger partial charge in [-0.05, 0) is 241 Å².